The summed E-state index contributed by atoms with van der Waals surface area (Å²) in [6, 6.07) is 11.7. The van der Waals surface area contributed by atoms with Crippen LogP contribution in [0.4, 0.5) is 5.69 Å². The fourth-order valence-electron chi connectivity index (χ4n) is 2.15. The van der Waals surface area contributed by atoms with E-state index >= 15 is 0 Å². The number of amides is 1. The number of anilines is 1. The molecular weight excluding hydrogens is 264 g/mol. The molecule has 3 N–H and O–H groups in total. The van der Waals surface area contributed by atoms with Gasteiger partial charge in [-0.1, -0.05) is 30.3 Å². The van der Waals surface area contributed by atoms with E-state index in [0.717, 1.165) is 11.3 Å². The van der Waals surface area contributed by atoms with Crippen molar-refractivity contribution in [1.29, 1.82) is 0 Å². The topological polar surface area (TPSA) is 71.2 Å². The number of benzene rings is 1. The van der Waals surface area contributed by atoms with Crippen LogP contribution in [0.1, 0.15) is 28.5 Å². The number of hydrogen-bond acceptors (Lipinski definition) is 4. The van der Waals surface area contributed by atoms with Crippen molar-refractivity contribution in [2.24, 2.45) is 5.84 Å². The van der Waals surface area contributed by atoms with E-state index in [1.165, 1.54) is 0 Å². The van der Waals surface area contributed by atoms with Gasteiger partial charge in [-0.05, 0) is 25.5 Å². The molecule has 5 nitrogen and oxygen atoms in total. The number of aryl methyl sites for hydroxylation is 1. The lowest BCUT2D eigenvalue weighted by atomic mass is 10.1. The standard InChI is InChI=1S/C16H20N4O/c1-3-20(11-13-7-5-4-6-8-13)16(21)14-10-18-12(2)9-15(14)19-17/h4-10H,3,11,17H2,1-2H3,(H,18,19). The maximum atomic E-state index is 12.7. The molecule has 2 rings (SSSR count). The molecule has 0 aliphatic rings. The van der Waals surface area contributed by atoms with Gasteiger partial charge in [-0.3, -0.25) is 15.6 Å². The van der Waals surface area contributed by atoms with E-state index in [9.17, 15) is 4.79 Å². The summed E-state index contributed by atoms with van der Waals surface area (Å²) in [5.41, 5.74) is 5.56. The zero-order valence-electron chi connectivity index (χ0n) is 12.3. The van der Waals surface area contributed by atoms with Crippen molar-refractivity contribution in [3.05, 3.63) is 59.4 Å². The van der Waals surface area contributed by atoms with Crippen LogP contribution in [0.15, 0.2) is 42.6 Å². The third kappa shape index (κ3) is 3.58. The molecule has 0 radical (unpaired) electrons. The number of nitrogens with zero attached hydrogens (tertiary/aromatic N) is 2. The van der Waals surface area contributed by atoms with Crippen LogP contribution in [0.2, 0.25) is 0 Å². The SMILES string of the molecule is CCN(Cc1ccccc1)C(=O)c1cnc(C)cc1NN. The van der Waals surface area contributed by atoms with Crippen molar-refractivity contribution in [2.45, 2.75) is 20.4 Å². The number of hydrazine groups is 1. The van der Waals surface area contributed by atoms with Gasteiger partial charge in [0.25, 0.3) is 5.91 Å². The molecule has 2 aromatic rings. The van der Waals surface area contributed by atoms with Crippen molar-refractivity contribution in [3.63, 3.8) is 0 Å². The third-order valence-corrected chi connectivity index (χ3v) is 3.31. The molecular formula is C16H20N4O. The zero-order valence-corrected chi connectivity index (χ0v) is 12.3. The maximum Gasteiger partial charge on any atom is 0.257 e. The molecule has 0 atom stereocenters. The van der Waals surface area contributed by atoms with Crippen LogP contribution in [-0.2, 0) is 6.54 Å². The molecule has 0 aliphatic heterocycles. The summed E-state index contributed by atoms with van der Waals surface area (Å²) in [5, 5.41) is 0. The summed E-state index contributed by atoms with van der Waals surface area (Å²) < 4.78 is 0. The highest BCUT2D eigenvalue weighted by Gasteiger charge is 2.18. The number of aromatic nitrogens is 1. The number of nitrogen functional groups attached to an aromatic ring is 1. The highest BCUT2D eigenvalue weighted by molar-refractivity contribution is 5.99. The highest BCUT2D eigenvalue weighted by Crippen LogP contribution is 2.18. The Hall–Kier alpha value is -2.40. The number of hydrogen-bond donors (Lipinski definition) is 2. The third-order valence-electron chi connectivity index (χ3n) is 3.31. The molecule has 0 fully saturated rings. The first-order chi connectivity index (χ1) is 10.2. The lowest BCUT2D eigenvalue weighted by molar-refractivity contribution is 0.0753. The normalized spacial score (nSPS) is 10.2. The molecule has 1 aromatic heterocycles. The average Bonchev–Trinajstić information content (AvgIpc) is 2.52. The van der Waals surface area contributed by atoms with Gasteiger partial charge >= 0.3 is 0 Å². The minimum Gasteiger partial charge on any atom is -0.334 e. The Bertz CT molecular complexity index is 613. The van der Waals surface area contributed by atoms with Crippen LogP contribution in [0, 0.1) is 6.92 Å². The largest absolute Gasteiger partial charge is 0.334 e. The molecule has 0 saturated carbocycles. The van der Waals surface area contributed by atoms with E-state index in [1.807, 2.05) is 44.2 Å². The van der Waals surface area contributed by atoms with Gasteiger partial charge in [0, 0.05) is 25.0 Å². The summed E-state index contributed by atoms with van der Waals surface area (Å²) in [4.78, 5) is 18.6. The number of nitrogens with two attached hydrogens (primary N) is 1. The van der Waals surface area contributed by atoms with Gasteiger partial charge in [0.05, 0.1) is 11.3 Å². The average molecular weight is 284 g/mol. The lowest BCUT2D eigenvalue weighted by Gasteiger charge is -2.22. The van der Waals surface area contributed by atoms with Crippen molar-refractivity contribution in [1.82, 2.24) is 9.88 Å². The highest BCUT2D eigenvalue weighted by atomic mass is 16.2. The predicted molar refractivity (Wildman–Crippen MR) is 83.6 cm³/mol. The van der Waals surface area contributed by atoms with Crippen molar-refractivity contribution < 1.29 is 4.79 Å². The molecule has 5 heteroatoms. The number of pyridine rings is 1. The number of rotatable bonds is 5. The molecule has 0 aliphatic carbocycles. The fourth-order valence-corrected chi connectivity index (χ4v) is 2.15. The van der Waals surface area contributed by atoms with Crippen LogP contribution in [0.5, 0.6) is 0 Å². The minimum absolute atomic E-state index is 0.0817. The van der Waals surface area contributed by atoms with E-state index in [1.54, 1.807) is 17.2 Å². The van der Waals surface area contributed by atoms with Crippen molar-refractivity contribution in [3.8, 4) is 0 Å². The molecule has 1 heterocycles. The van der Waals surface area contributed by atoms with Gasteiger partial charge in [0.2, 0.25) is 0 Å². The Morgan fingerprint density at radius 2 is 2.05 bits per heavy atom. The van der Waals surface area contributed by atoms with Gasteiger partial charge in [-0.25, -0.2) is 0 Å². The Morgan fingerprint density at radius 1 is 1.33 bits per heavy atom. The lowest BCUT2D eigenvalue weighted by Crippen LogP contribution is -2.31. The number of nitrogens with one attached hydrogen (secondary N) is 1. The Kier molecular flexibility index (Phi) is 4.90. The molecule has 0 saturated heterocycles. The first-order valence-electron chi connectivity index (χ1n) is 6.92. The minimum atomic E-state index is -0.0817. The van der Waals surface area contributed by atoms with Gasteiger partial charge in [-0.15, -0.1) is 0 Å². The molecule has 1 amide bonds. The number of carbonyl (C=O) groups excluding carboxylic acids is 1. The van der Waals surface area contributed by atoms with E-state index in [0.29, 0.717) is 24.3 Å². The van der Waals surface area contributed by atoms with E-state index in [-0.39, 0.29) is 5.91 Å². The quantitative estimate of drug-likeness (QED) is 0.653. The van der Waals surface area contributed by atoms with Gasteiger partial charge < -0.3 is 10.3 Å². The fraction of sp³-hybridized carbons (Fsp3) is 0.250. The second kappa shape index (κ2) is 6.85. The van der Waals surface area contributed by atoms with E-state index < -0.39 is 0 Å². The maximum absolute atomic E-state index is 12.7. The van der Waals surface area contributed by atoms with Crippen LogP contribution in [-0.4, -0.2) is 22.3 Å². The smallest absolute Gasteiger partial charge is 0.257 e. The van der Waals surface area contributed by atoms with Crippen molar-refractivity contribution in [2.75, 3.05) is 12.0 Å². The molecule has 0 unspecified atom stereocenters. The van der Waals surface area contributed by atoms with Crippen molar-refractivity contribution >= 4 is 11.6 Å². The molecule has 0 spiro atoms. The monoisotopic (exact) mass is 284 g/mol. The molecule has 110 valence electrons. The molecule has 21 heavy (non-hydrogen) atoms. The second-order valence-electron chi connectivity index (χ2n) is 4.82. The predicted octanol–water partition coefficient (Wildman–Crippen LogP) is 2.34. The second-order valence-corrected chi connectivity index (χ2v) is 4.82. The summed E-state index contributed by atoms with van der Waals surface area (Å²) in [6.45, 7) is 4.99. The van der Waals surface area contributed by atoms with Gasteiger partial charge in [0.15, 0.2) is 0 Å². The van der Waals surface area contributed by atoms with Crippen LogP contribution < -0.4 is 11.3 Å². The van der Waals surface area contributed by atoms with Crippen LogP contribution in [0.25, 0.3) is 0 Å². The molecule has 0 bridgehead atoms. The van der Waals surface area contributed by atoms with Crippen LogP contribution >= 0.6 is 0 Å². The Balaban J connectivity index is 2.24. The molecule has 1 aromatic carbocycles. The Morgan fingerprint density at radius 3 is 2.67 bits per heavy atom. The zero-order chi connectivity index (χ0) is 15.2. The summed E-state index contributed by atoms with van der Waals surface area (Å²) in [5.74, 6) is 5.42. The first-order valence-corrected chi connectivity index (χ1v) is 6.92. The van der Waals surface area contributed by atoms with Crippen LogP contribution in [0.3, 0.4) is 0 Å². The number of carbonyl (C=O) groups is 1. The Labute approximate surface area is 124 Å². The van der Waals surface area contributed by atoms with Gasteiger partial charge in [0.1, 0.15) is 0 Å². The summed E-state index contributed by atoms with van der Waals surface area (Å²) in [7, 11) is 0. The first kappa shape index (κ1) is 15.0. The van der Waals surface area contributed by atoms with E-state index in [2.05, 4.69) is 10.4 Å². The summed E-state index contributed by atoms with van der Waals surface area (Å²) in [6.07, 6.45) is 1.57. The summed E-state index contributed by atoms with van der Waals surface area (Å²) >= 11 is 0. The van der Waals surface area contributed by atoms with E-state index in [4.69, 9.17) is 5.84 Å². The van der Waals surface area contributed by atoms with Gasteiger partial charge in [-0.2, -0.15) is 0 Å².